The SMILES string of the molecule is CCCCC/C=C\C\C=C/C=C/C=C/[C@H]([C@@H](O)CCCC(=O)O)S(=O)(=O)C[C@H](N)C(=O)NCC(=O)O. The maximum atomic E-state index is 12.9. The topological polar surface area (TPSA) is 184 Å². The van der Waals surface area contributed by atoms with Crippen LogP contribution in [0.3, 0.4) is 0 Å². The maximum Gasteiger partial charge on any atom is 0.322 e. The van der Waals surface area contributed by atoms with E-state index in [2.05, 4.69) is 19.1 Å². The minimum absolute atomic E-state index is 0.0616. The Labute approximate surface area is 213 Å². The van der Waals surface area contributed by atoms with Crippen LogP contribution in [0.2, 0.25) is 0 Å². The van der Waals surface area contributed by atoms with Crippen LogP contribution in [0.4, 0.5) is 0 Å². The van der Waals surface area contributed by atoms with Gasteiger partial charge in [-0.05, 0) is 32.1 Å². The lowest BCUT2D eigenvalue weighted by molar-refractivity contribution is -0.138. The first-order valence-corrected chi connectivity index (χ1v) is 13.7. The Kier molecular flexibility index (Phi) is 17.9. The van der Waals surface area contributed by atoms with Gasteiger partial charge in [-0.3, -0.25) is 14.4 Å². The van der Waals surface area contributed by atoms with Crippen LogP contribution in [0, 0.1) is 0 Å². The number of carboxylic acids is 2. The summed E-state index contributed by atoms with van der Waals surface area (Å²) in [6, 6.07) is -1.54. The second-order valence-corrected chi connectivity index (χ2v) is 10.5. The summed E-state index contributed by atoms with van der Waals surface area (Å²) < 4.78 is 25.8. The molecule has 0 saturated carbocycles. The Balaban J connectivity index is 5.17. The molecule has 0 aliphatic rings. The predicted molar refractivity (Wildman–Crippen MR) is 139 cm³/mol. The quantitative estimate of drug-likeness (QED) is 0.0896. The van der Waals surface area contributed by atoms with Gasteiger partial charge in [0, 0.05) is 6.42 Å². The minimum Gasteiger partial charge on any atom is -0.481 e. The molecule has 0 aromatic rings. The molecule has 204 valence electrons. The molecule has 0 rings (SSSR count). The van der Waals surface area contributed by atoms with E-state index in [1.807, 2.05) is 11.4 Å². The Hall–Kier alpha value is -2.76. The van der Waals surface area contributed by atoms with E-state index < -0.39 is 57.4 Å². The van der Waals surface area contributed by atoms with Gasteiger partial charge < -0.3 is 26.4 Å². The first kappa shape index (κ1) is 33.2. The number of amides is 1. The van der Waals surface area contributed by atoms with E-state index in [9.17, 15) is 27.9 Å². The van der Waals surface area contributed by atoms with Crippen LogP contribution in [0.1, 0.15) is 58.3 Å². The van der Waals surface area contributed by atoms with E-state index in [4.69, 9.17) is 15.9 Å². The number of carbonyl (C=O) groups excluding carboxylic acids is 1. The highest BCUT2D eigenvalue weighted by molar-refractivity contribution is 7.92. The molecular weight excluding hydrogens is 488 g/mol. The Bertz CT molecular complexity index is 894. The van der Waals surface area contributed by atoms with Crippen LogP contribution < -0.4 is 11.1 Å². The number of carbonyl (C=O) groups is 3. The van der Waals surface area contributed by atoms with E-state index in [1.54, 1.807) is 18.2 Å². The van der Waals surface area contributed by atoms with E-state index in [0.717, 1.165) is 12.8 Å². The summed E-state index contributed by atoms with van der Waals surface area (Å²) in [5.74, 6) is -4.15. The Morgan fingerprint density at radius 1 is 0.944 bits per heavy atom. The molecule has 6 N–H and O–H groups in total. The predicted octanol–water partition coefficient (Wildman–Crippen LogP) is 2.11. The molecule has 0 aliphatic carbocycles. The third kappa shape index (κ3) is 16.8. The maximum absolute atomic E-state index is 12.9. The molecule has 36 heavy (non-hydrogen) atoms. The fraction of sp³-hybridized carbons (Fsp3) is 0.560. The number of aliphatic hydroxyl groups is 1. The number of aliphatic hydroxyl groups excluding tert-OH is 1. The first-order chi connectivity index (χ1) is 17.0. The van der Waals surface area contributed by atoms with Crippen molar-refractivity contribution in [2.45, 2.75) is 75.7 Å². The van der Waals surface area contributed by atoms with Crippen molar-refractivity contribution in [3.8, 4) is 0 Å². The number of carboxylic acid groups (broad SMARTS) is 2. The monoisotopic (exact) mass is 528 g/mol. The number of hydrogen-bond donors (Lipinski definition) is 5. The van der Waals surface area contributed by atoms with Crippen molar-refractivity contribution in [2.24, 2.45) is 5.73 Å². The number of nitrogens with one attached hydrogen (secondary N) is 1. The lowest BCUT2D eigenvalue weighted by Crippen LogP contribution is -2.48. The smallest absolute Gasteiger partial charge is 0.322 e. The van der Waals surface area contributed by atoms with Crippen molar-refractivity contribution in [3.05, 3.63) is 48.6 Å². The van der Waals surface area contributed by atoms with Gasteiger partial charge in [0.2, 0.25) is 5.91 Å². The summed E-state index contributed by atoms with van der Waals surface area (Å²) in [4.78, 5) is 33.2. The zero-order chi connectivity index (χ0) is 27.4. The van der Waals surface area contributed by atoms with Gasteiger partial charge in [-0.1, -0.05) is 68.4 Å². The third-order valence-corrected chi connectivity index (χ3v) is 7.15. The lowest BCUT2D eigenvalue weighted by Gasteiger charge is -2.22. The molecule has 0 aromatic heterocycles. The fourth-order valence-electron chi connectivity index (χ4n) is 3.11. The Morgan fingerprint density at radius 2 is 1.64 bits per heavy atom. The zero-order valence-corrected chi connectivity index (χ0v) is 21.6. The molecular formula is C25H40N2O8S. The first-order valence-electron chi connectivity index (χ1n) is 12.0. The highest BCUT2D eigenvalue weighted by Crippen LogP contribution is 2.16. The summed E-state index contributed by atoms with van der Waals surface area (Å²) in [6.45, 7) is 1.45. The van der Waals surface area contributed by atoms with Gasteiger partial charge in [0.05, 0.1) is 17.9 Å². The average molecular weight is 529 g/mol. The standard InChI is InChI=1S/C25H40N2O8S/c1-2-3-4-5-6-7-8-9-10-11-12-13-16-22(21(28)15-14-17-23(29)30)36(34,35)19-20(26)25(33)27-18-24(31)32/h6-7,9-13,16,20-22,28H,2-5,8,14-15,17-19,26H2,1H3,(H,27,33)(H,29,30)(H,31,32)/b7-6-,10-9-,12-11+,16-13+/t20-,21-,22+/m0/s1. The molecule has 0 spiro atoms. The van der Waals surface area contributed by atoms with Crippen LogP contribution >= 0.6 is 0 Å². The van der Waals surface area contributed by atoms with Crippen molar-refractivity contribution in [1.29, 1.82) is 0 Å². The number of allylic oxidation sites excluding steroid dienone is 7. The van der Waals surface area contributed by atoms with Gasteiger partial charge in [0.15, 0.2) is 9.84 Å². The second kappa shape index (κ2) is 19.4. The third-order valence-electron chi connectivity index (χ3n) is 5.03. The zero-order valence-electron chi connectivity index (χ0n) is 20.8. The molecule has 0 aromatic carbocycles. The van der Waals surface area contributed by atoms with Crippen LogP contribution in [-0.2, 0) is 24.2 Å². The van der Waals surface area contributed by atoms with Gasteiger partial charge in [-0.2, -0.15) is 0 Å². The fourth-order valence-corrected chi connectivity index (χ4v) is 4.93. The number of nitrogens with two attached hydrogens (primary N) is 1. The average Bonchev–Trinajstić information content (AvgIpc) is 2.79. The van der Waals surface area contributed by atoms with Crippen molar-refractivity contribution in [1.82, 2.24) is 5.32 Å². The molecule has 0 unspecified atom stereocenters. The molecule has 11 heteroatoms. The molecule has 0 aliphatic heterocycles. The molecule has 0 bridgehead atoms. The molecule has 0 heterocycles. The van der Waals surface area contributed by atoms with Gasteiger partial charge in [0.1, 0.15) is 11.8 Å². The summed E-state index contributed by atoms with van der Waals surface area (Å²) >= 11 is 0. The lowest BCUT2D eigenvalue weighted by atomic mass is 10.1. The molecule has 10 nitrogen and oxygen atoms in total. The van der Waals surface area contributed by atoms with Crippen molar-refractivity contribution in [2.75, 3.05) is 12.3 Å². The highest BCUT2D eigenvalue weighted by atomic mass is 32.2. The van der Waals surface area contributed by atoms with Crippen LogP contribution in [0.15, 0.2) is 48.6 Å². The van der Waals surface area contributed by atoms with E-state index in [0.29, 0.717) is 0 Å². The van der Waals surface area contributed by atoms with Gasteiger partial charge >= 0.3 is 11.9 Å². The summed E-state index contributed by atoms with van der Waals surface area (Å²) in [5, 5.41) is 28.5. The van der Waals surface area contributed by atoms with E-state index in [1.165, 1.54) is 31.4 Å². The minimum atomic E-state index is -4.15. The van der Waals surface area contributed by atoms with Gasteiger partial charge in [-0.25, -0.2) is 8.42 Å². The van der Waals surface area contributed by atoms with Crippen molar-refractivity contribution >= 4 is 27.7 Å². The molecule has 0 fully saturated rings. The largest absolute Gasteiger partial charge is 0.481 e. The van der Waals surface area contributed by atoms with Gasteiger partial charge in [-0.15, -0.1) is 0 Å². The highest BCUT2D eigenvalue weighted by Gasteiger charge is 2.33. The molecule has 0 radical (unpaired) electrons. The number of sulfone groups is 1. The summed E-state index contributed by atoms with van der Waals surface area (Å²) in [6.07, 6.45) is 17.7. The number of rotatable bonds is 20. The second-order valence-electron chi connectivity index (χ2n) is 8.27. The normalized spacial score (nSPS) is 15.1. The number of hydrogen-bond acceptors (Lipinski definition) is 7. The Morgan fingerprint density at radius 3 is 2.28 bits per heavy atom. The number of aliphatic carboxylic acids is 2. The number of unbranched alkanes of at least 4 members (excludes halogenated alkanes) is 3. The summed E-state index contributed by atoms with van der Waals surface area (Å²) in [5.41, 5.74) is 5.64. The van der Waals surface area contributed by atoms with Crippen molar-refractivity contribution < 1.29 is 38.1 Å². The van der Waals surface area contributed by atoms with Crippen LogP contribution in [0.5, 0.6) is 0 Å². The molecule has 1 amide bonds. The van der Waals surface area contributed by atoms with Gasteiger partial charge in [0.25, 0.3) is 0 Å². The van der Waals surface area contributed by atoms with Crippen LogP contribution in [-0.4, -0.2) is 71.3 Å². The van der Waals surface area contributed by atoms with Crippen molar-refractivity contribution in [3.63, 3.8) is 0 Å². The van der Waals surface area contributed by atoms with E-state index >= 15 is 0 Å². The summed E-state index contributed by atoms with van der Waals surface area (Å²) in [7, 11) is -4.15. The molecule has 3 atom stereocenters. The van der Waals surface area contributed by atoms with E-state index in [-0.39, 0.29) is 19.3 Å². The van der Waals surface area contributed by atoms with Crippen LogP contribution in [0.25, 0.3) is 0 Å². The molecule has 0 saturated heterocycles.